The second kappa shape index (κ2) is 6.53. The van der Waals surface area contributed by atoms with Crippen LogP contribution in [0.2, 0.25) is 0 Å². The predicted octanol–water partition coefficient (Wildman–Crippen LogP) is 2.94. The van der Waals surface area contributed by atoms with Gasteiger partial charge in [-0.05, 0) is 50.0 Å². The van der Waals surface area contributed by atoms with Crippen LogP contribution >= 0.6 is 15.9 Å². The van der Waals surface area contributed by atoms with Crippen LogP contribution in [0.25, 0.3) is 0 Å². The van der Waals surface area contributed by atoms with Crippen LogP contribution in [0, 0.1) is 6.92 Å². The largest absolute Gasteiger partial charge is 0.311 e. The molecule has 1 aromatic rings. The third-order valence-electron chi connectivity index (χ3n) is 3.33. The van der Waals surface area contributed by atoms with Gasteiger partial charge in [-0.3, -0.25) is 0 Å². The Labute approximate surface area is 113 Å². The Morgan fingerprint density at radius 3 is 2.76 bits per heavy atom. The average Bonchev–Trinajstić information content (AvgIpc) is 2.79. The Bertz CT molecular complexity index is 359. The molecule has 1 aliphatic rings. The predicted molar refractivity (Wildman–Crippen MR) is 76.3 cm³/mol. The van der Waals surface area contributed by atoms with Crippen molar-refractivity contribution in [3.63, 3.8) is 0 Å². The maximum atomic E-state index is 3.62. The summed E-state index contributed by atoms with van der Waals surface area (Å²) in [7, 11) is 0. The summed E-state index contributed by atoms with van der Waals surface area (Å²) in [6, 6.07) is 6.54. The molecule has 1 saturated heterocycles. The van der Waals surface area contributed by atoms with Gasteiger partial charge in [-0.15, -0.1) is 0 Å². The first-order valence-electron chi connectivity index (χ1n) is 6.44. The molecule has 1 aliphatic heterocycles. The number of aryl methyl sites for hydroxylation is 1. The highest BCUT2D eigenvalue weighted by atomic mass is 79.9. The molecule has 94 valence electrons. The molecule has 0 unspecified atom stereocenters. The van der Waals surface area contributed by atoms with Gasteiger partial charge in [-0.2, -0.15) is 0 Å². The van der Waals surface area contributed by atoms with E-state index in [1.807, 2.05) is 0 Å². The highest BCUT2D eigenvalue weighted by Crippen LogP contribution is 2.17. The van der Waals surface area contributed by atoms with Crippen molar-refractivity contribution in [3.05, 3.63) is 33.8 Å². The fourth-order valence-corrected chi connectivity index (χ4v) is 2.90. The van der Waals surface area contributed by atoms with E-state index in [1.54, 1.807) is 0 Å². The molecule has 3 heteroatoms. The molecular weight excluding hydrogens is 276 g/mol. The molecule has 0 amide bonds. The van der Waals surface area contributed by atoms with Crippen LogP contribution in [0.4, 0.5) is 0 Å². The number of likely N-dealkylation sites (tertiary alicyclic amines) is 1. The van der Waals surface area contributed by atoms with Crippen LogP contribution in [-0.4, -0.2) is 31.1 Å². The lowest BCUT2D eigenvalue weighted by atomic mass is 10.1. The molecule has 2 rings (SSSR count). The highest BCUT2D eigenvalue weighted by Gasteiger charge is 2.10. The Balaban J connectivity index is 1.70. The van der Waals surface area contributed by atoms with Gasteiger partial charge in [0.05, 0.1) is 0 Å². The normalized spacial score (nSPS) is 16.6. The zero-order valence-corrected chi connectivity index (χ0v) is 12.1. The summed E-state index contributed by atoms with van der Waals surface area (Å²) in [4.78, 5) is 2.54. The van der Waals surface area contributed by atoms with Crippen LogP contribution in [0.1, 0.15) is 24.0 Å². The number of nitrogens with one attached hydrogen (secondary N) is 1. The van der Waals surface area contributed by atoms with Crippen LogP contribution in [0.3, 0.4) is 0 Å². The van der Waals surface area contributed by atoms with Gasteiger partial charge in [-0.25, -0.2) is 0 Å². The van der Waals surface area contributed by atoms with Crippen molar-refractivity contribution in [3.8, 4) is 0 Å². The molecule has 1 fully saturated rings. The first-order chi connectivity index (χ1) is 8.25. The summed E-state index contributed by atoms with van der Waals surface area (Å²) < 4.78 is 1.21. The minimum absolute atomic E-state index is 0.953. The van der Waals surface area contributed by atoms with Gasteiger partial charge in [0.25, 0.3) is 0 Å². The average molecular weight is 297 g/mol. The molecule has 1 N–H and O–H groups in total. The van der Waals surface area contributed by atoms with Gasteiger partial charge < -0.3 is 10.2 Å². The van der Waals surface area contributed by atoms with E-state index < -0.39 is 0 Å². The number of benzene rings is 1. The maximum absolute atomic E-state index is 3.62. The fraction of sp³-hybridized carbons (Fsp3) is 0.571. The van der Waals surface area contributed by atoms with E-state index in [0.717, 1.165) is 13.1 Å². The Morgan fingerprint density at radius 1 is 1.29 bits per heavy atom. The Hall–Kier alpha value is -0.380. The van der Waals surface area contributed by atoms with Crippen LogP contribution < -0.4 is 5.32 Å². The van der Waals surface area contributed by atoms with Gasteiger partial charge in [0.2, 0.25) is 0 Å². The van der Waals surface area contributed by atoms with Crippen molar-refractivity contribution in [2.24, 2.45) is 0 Å². The third-order valence-corrected chi connectivity index (χ3v) is 4.07. The van der Waals surface area contributed by atoms with Crippen molar-refractivity contribution >= 4 is 15.9 Å². The molecular formula is C14H21BrN2. The number of hydrogen-bond acceptors (Lipinski definition) is 2. The molecule has 17 heavy (non-hydrogen) atoms. The summed E-state index contributed by atoms with van der Waals surface area (Å²) in [5.74, 6) is 0. The van der Waals surface area contributed by atoms with E-state index in [4.69, 9.17) is 0 Å². The molecule has 2 nitrogen and oxygen atoms in total. The molecule has 1 heterocycles. The van der Waals surface area contributed by atoms with Crippen LogP contribution in [-0.2, 0) is 6.54 Å². The molecule has 0 saturated carbocycles. The minimum Gasteiger partial charge on any atom is -0.311 e. The van der Waals surface area contributed by atoms with E-state index >= 15 is 0 Å². The second-order valence-corrected chi connectivity index (χ2v) is 5.67. The lowest BCUT2D eigenvalue weighted by Crippen LogP contribution is -2.29. The van der Waals surface area contributed by atoms with Crippen molar-refractivity contribution in [1.29, 1.82) is 0 Å². The topological polar surface area (TPSA) is 15.3 Å². The van der Waals surface area contributed by atoms with Crippen molar-refractivity contribution in [1.82, 2.24) is 10.2 Å². The second-order valence-electron chi connectivity index (χ2n) is 4.82. The quantitative estimate of drug-likeness (QED) is 0.841. The summed E-state index contributed by atoms with van der Waals surface area (Å²) in [5.41, 5.74) is 2.65. The minimum atomic E-state index is 0.953. The number of rotatable bonds is 5. The van der Waals surface area contributed by atoms with Crippen molar-refractivity contribution in [2.75, 3.05) is 26.2 Å². The van der Waals surface area contributed by atoms with Gasteiger partial charge in [0, 0.05) is 24.1 Å². The van der Waals surface area contributed by atoms with Gasteiger partial charge in [0.1, 0.15) is 0 Å². The van der Waals surface area contributed by atoms with Crippen LogP contribution in [0.15, 0.2) is 22.7 Å². The molecule has 0 bridgehead atoms. The molecule has 0 radical (unpaired) electrons. The maximum Gasteiger partial charge on any atom is 0.0222 e. The first kappa shape index (κ1) is 13.1. The van der Waals surface area contributed by atoms with E-state index in [0.29, 0.717) is 0 Å². The van der Waals surface area contributed by atoms with Gasteiger partial charge >= 0.3 is 0 Å². The van der Waals surface area contributed by atoms with E-state index in [9.17, 15) is 0 Å². The van der Waals surface area contributed by atoms with Crippen molar-refractivity contribution in [2.45, 2.75) is 26.3 Å². The lowest BCUT2D eigenvalue weighted by Gasteiger charge is -2.15. The summed E-state index contributed by atoms with van der Waals surface area (Å²) in [6.45, 7) is 7.92. The Kier molecular flexibility index (Phi) is 5.01. The molecule has 0 spiro atoms. The molecule has 0 atom stereocenters. The van der Waals surface area contributed by atoms with Gasteiger partial charge in [0.15, 0.2) is 0 Å². The summed E-state index contributed by atoms with van der Waals surface area (Å²) in [5, 5.41) is 3.52. The first-order valence-corrected chi connectivity index (χ1v) is 7.23. The molecule has 0 aliphatic carbocycles. The van der Waals surface area contributed by atoms with Crippen LogP contribution in [0.5, 0.6) is 0 Å². The highest BCUT2D eigenvalue weighted by molar-refractivity contribution is 9.10. The number of nitrogens with zero attached hydrogens (tertiary/aromatic N) is 1. The standard InChI is InChI=1S/C14H21BrN2/c1-12-4-5-13(14(15)10-12)11-16-6-9-17-7-2-3-8-17/h4-5,10,16H,2-3,6-9,11H2,1H3. The summed E-state index contributed by atoms with van der Waals surface area (Å²) in [6.07, 6.45) is 2.76. The number of halogens is 1. The van der Waals surface area contributed by atoms with E-state index in [2.05, 4.69) is 51.3 Å². The SMILES string of the molecule is Cc1ccc(CNCCN2CCCC2)c(Br)c1. The zero-order chi connectivity index (χ0) is 12.1. The fourth-order valence-electron chi connectivity index (χ4n) is 2.26. The smallest absolute Gasteiger partial charge is 0.0222 e. The monoisotopic (exact) mass is 296 g/mol. The van der Waals surface area contributed by atoms with Gasteiger partial charge in [-0.1, -0.05) is 28.1 Å². The zero-order valence-electron chi connectivity index (χ0n) is 10.5. The van der Waals surface area contributed by atoms with Crippen molar-refractivity contribution < 1.29 is 0 Å². The molecule has 0 aromatic heterocycles. The number of hydrogen-bond donors (Lipinski definition) is 1. The molecule has 1 aromatic carbocycles. The third kappa shape index (κ3) is 4.09. The van der Waals surface area contributed by atoms with E-state index in [1.165, 1.54) is 48.1 Å². The lowest BCUT2D eigenvalue weighted by molar-refractivity contribution is 0.335. The summed E-state index contributed by atoms with van der Waals surface area (Å²) >= 11 is 3.62. The van der Waals surface area contributed by atoms with E-state index in [-0.39, 0.29) is 0 Å². The Morgan fingerprint density at radius 2 is 2.06 bits per heavy atom.